The summed E-state index contributed by atoms with van der Waals surface area (Å²) >= 11 is 0. The fraction of sp³-hybridized carbons (Fsp3) is 1.00. The molecule has 0 aromatic carbocycles. The van der Waals surface area contributed by atoms with Crippen molar-refractivity contribution in [3.8, 4) is 0 Å². The Balaban J connectivity index is 0.000000980. The molecular weight excluding hydrogens is 353 g/mol. The Morgan fingerprint density at radius 3 is 1.29 bits per heavy atom. The Morgan fingerprint density at radius 1 is 0.571 bits per heavy atom. The van der Waals surface area contributed by atoms with Gasteiger partial charge in [0.2, 0.25) is 0 Å². The first kappa shape index (κ1) is 12.7. The van der Waals surface area contributed by atoms with Crippen LogP contribution in [-0.4, -0.2) is 12.1 Å². The first-order chi connectivity index (χ1) is 6.45. The van der Waals surface area contributed by atoms with Gasteiger partial charge in [-0.1, -0.05) is 38.5 Å². The minimum Gasteiger partial charge on any atom is -0.311 e. The van der Waals surface area contributed by atoms with Gasteiger partial charge in [-0.25, -0.2) is 0 Å². The van der Waals surface area contributed by atoms with E-state index in [0.717, 1.165) is 12.1 Å². The third-order valence-electron chi connectivity index (χ3n) is 3.68. The number of hydrogen-bond donors (Lipinski definition) is 1. The molecule has 0 bridgehead atoms. The Kier molecular flexibility index (Phi) is 6.37. The molecule has 14 heavy (non-hydrogen) atoms. The molecule has 0 radical (unpaired) electrons. The van der Waals surface area contributed by atoms with E-state index < -0.39 is 0 Å². The quantitative estimate of drug-likeness (QED) is 0.780. The molecule has 0 heterocycles. The maximum atomic E-state index is 3.86. The first-order valence-corrected chi connectivity index (χ1v) is 6.21. The van der Waals surface area contributed by atoms with E-state index >= 15 is 0 Å². The predicted molar refractivity (Wildman–Crippen MR) is 56.9 cm³/mol. The fourth-order valence-electron chi connectivity index (χ4n) is 2.87. The molecule has 2 rings (SSSR count). The number of nitrogens with one attached hydrogen (secondary N) is 1. The van der Waals surface area contributed by atoms with E-state index in [1.54, 1.807) is 0 Å². The van der Waals surface area contributed by atoms with Gasteiger partial charge >= 0.3 is 0 Å². The average Bonchev–Trinajstić information content (AvgIpc) is 2.21. The molecule has 86 valence electrons. The third-order valence-corrected chi connectivity index (χ3v) is 3.68. The maximum absolute atomic E-state index is 3.86. The van der Waals surface area contributed by atoms with Gasteiger partial charge in [-0.2, -0.15) is 0 Å². The molecule has 2 fully saturated rings. The van der Waals surface area contributed by atoms with Crippen molar-refractivity contribution in [1.29, 1.82) is 0 Å². The molecule has 0 aromatic heterocycles. The van der Waals surface area contributed by atoms with E-state index in [1.807, 2.05) is 0 Å². The zero-order chi connectivity index (χ0) is 8.93. The third kappa shape index (κ3) is 4.03. The molecule has 0 spiro atoms. The second-order valence-electron chi connectivity index (χ2n) is 4.84. The summed E-state index contributed by atoms with van der Waals surface area (Å²) in [7, 11) is 0. The molecule has 1 nitrogen and oxygen atoms in total. The average molecular weight is 376 g/mol. The van der Waals surface area contributed by atoms with E-state index in [0.29, 0.717) is 0 Å². The van der Waals surface area contributed by atoms with Crippen LogP contribution in [0.3, 0.4) is 0 Å². The van der Waals surface area contributed by atoms with Gasteiger partial charge in [0, 0.05) is 33.1 Å². The summed E-state index contributed by atoms with van der Waals surface area (Å²) in [6.45, 7) is 0. The molecule has 2 aliphatic carbocycles. The van der Waals surface area contributed by atoms with Crippen molar-refractivity contribution in [1.82, 2.24) is 5.32 Å². The van der Waals surface area contributed by atoms with E-state index in [4.69, 9.17) is 0 Å². The van der Waals surface area contributed by atoms with Crippen LogP contribution in [-0.2, 0) is 21.1 Å². The summed E-state index contributed by atoms with van der Waals surface area (Å²) in [5.74, 6) is 0. The summed E-state index contributed by atoms with van der Waals surface area (Å²) in [4.78, 5) is 0. The second kappa shape index (κ2) is 7.01. The Bertz CT molecular complexity index is 121. The molecule has 0 atom stereocenters. The summed E-state index contributed by atoms with van der Waals surface area (Å²) in [5, 5.41) is 3.86. The SMILES string of the molecule is C1CCC(NC2CCCCC2)CC1.[Pt]. The van der Waals surface area contributed by atoms with Crippen LogP contribution in [0.5, 0.6) is 0 Å². The molecule has 0 saturated heterocycles. The first-order valence-electron chi connectivity index (χ1n) is 6.21. The molecule has 0 aliphatic heterocycles. The Morgan fingerprint density at radius 2 is 0.929 bits per heavy atom. The van der Waals surface area contributed by atoms with Gasteiger partial charge in [0.1, 0.15) is 0 Å². The minimum atomic E-state index is 0. The van der Waals surface area contributed by atoms with Crippen LogP contribution < -0.4 is 5.32 Å². The summed E-state index contributed by atoms with van der Waals surface area (Å²) in [6, 6.07) is 1.74. The van der Waals surface area contributed by atoms with Gasteiger partial charge in [-0.05, 0) is 25.7 Å². The van der Waals surface area contributed by atoms with Gasteiger partial charge in [-0.3, -0.25) is 0 Å². The van der Waals surface area contributed by atoms with E-state index in [-0.39, 0.29) is 21.1 Å². The van der Waals surface area contributed by atoms with E-state index in [1.165, 1.54) is 64.2 Å². The van der Waals surface area contributed by atoms with Crippen LogP contribution in [0.25, 0.3) is 0 Å². The van der Waals surface area contributed by atoms with Crippen LogP contribution in [0.15, 0.2) is 0 Å². The Labute approximate surface area is 103 Å². The van der Waals surface area contributed by atoms with Crippen molar-refractivity contribution in [2.75, 3.05) is 0 Å². The molecule has 2 heteroatoms. The van der Waals surface area contributed by atoms with Gasteiger partial charge in [-0.15, -0.1) is 0 Å². The number of rotatable bonds is 2. The van der Waals surface area contributed by atoms with Crippen molar-refractivity contribution in [3.63, 3.8) is 0 Å². The second-order valence-corrected chi connectivity index (χ2v) is 4.84. The van der Waals surface area contributed by atoms with Gasteiger partial charge in [0.25, 0.3) is 0 Å². The van der Waals surface area contributed by atoms with Crippen molar-refractivity contribution in [2.24, 2.45) is 0 Å². The van der Waals surface area contributed by atoms with E-state index in [2.05, 4.69) is 5.32 Å². The molecule has 1 N–H and O–H groups in total. The van der Waals surface area contributed by atoms with Crippen molar-refractivity contribution in [2.45, 2.75) is 76.3 Å². The van der Waals surface area contributed by atoms with Crippen molar-refractivity contribution in [3.05, 3.63) is 0 Å². The largest absolute Gasteiger partial charge is 0.311 e. The van der Waals surface area contributed by atoms with Crippen LogP contribution >= 0.6 is 0 Å². The molecular formula is C12H23NPt. The maximum Gasteiger partial charge on any atom is 0.00696 e. The molecule has 2 aliphatic rings. The normalized spacial score (nSPS) is 25.7. The van der Waals surface area contributed by atoms with Crippen LogP contribution in [0, 0.1) is 0 Å². The predicted octanol–water partition coefficient (Wildman–Crippen LogP) is 3.24. The minimum absolute atomic E-state index is 0. The fourth-order valence-corrected chi connectivity index (χ4v) is 2.87. The summed E-state index contributed by atoms with van der Waals surface area (Å²) in [6.07, 6.45) is 14.6. The van der Waals surface area contributed by atoms with Crippen LogP contribution in [0.2, 0.25) is 0 Å². The summed E-state index contributed by atoms with van der Waals surface area (Å²) in [5.41, 5.74) is 0. The topological polar surface area (TPSA) is 12.0 Å². The van der Waals surface area contributed by atoms with Crippen LogP contribution in [0.1, 0.15) is 64.2 Å². The van der Waals surface area contributed by atoms with E-state index in [9.17, 15) is 0 Å². The van der Waals surface area contributed by atoms with Crippen molar-refractivity contribution < 1.29 is 21.1 Å². The van der Waals surface area contributed by atoms with Crippen LogP contribution in [0.4, 0.5) is 0 Å². The number of hydrogen-bond acceptors (Lipinski definition) is 1. The smallest absolute Gasteiger partial charge is 0.00696 e. The van der Waals surface area contributed by atoms with Gasteiger partial charge in [0.15, 0.2) is 0 Å². The molecule has 0 amide bonds. The molecule has 0 aromatic rings. The summed E-state index contributed by atoms with van der Waals surface area (Å²) < 4.78 is 0. The monoisotopic (exact) mass is 376 g/mol. The zero-order valence-corrected chi connectivity index (χ0v) is 11.3. The standard InChI is InChI=1S/C12H23N.Pt/c1-3-7-11(8-4-1)13-12-9-5-2-6-10-12;/h11-13H,1-10H2;. The molecule has 2 saturated carbocycles. The Hall–Kier alpha value is 0.648. The molecule has 0 unspecified atom stereocenters. The van der Waals surface area contributed by atoms with Gasteiger partial charge in [0.05, 0.1) is 0 Å². The van der Waals surface area contributed by atoms with Crippen molar-refractivity contribution >= 4 is 0 Å². The zero-order valence-electron chi connectivity index (χ0n) is 9.04. The van der Waals surface area contributed by atoms with Gasteiger partial charge < -0.3 is 5.32 Å².